The van der Waals surface area contributed by atoms with Gasteiger partial charge in [0.25, 0.3) is 0 Å². The van der Waals surface area contributed by atoms with Crippen LogP contribution in [0.15, 0.2) is 24.3 Å². The monoisotopic (exact) mass is 186 g/mol. The first-order valence-corrected chi connectivity index (χ1v) is 4.27. The highest BCUT2D eigenvalue weighted by Crippen LogP contribution is 2.03. The number of rotatable bonds is 2. The maximum Gasteiger partial charge on any atom is 0.159 e. The van der Waals surface area contributed by atoms with Gasteiger partial charge in [0, 0.05) is 11.1 Å². The summed E-state index contributed by atoms with van der Waals surface area (Å²) in [4.78, 5) is 20.9. The molecule has 1 rings (SSSR count). The third kappa shape index (κ3) is 2.87. The minimum atomic E-state index is 0.0393. The summed E-state index contributed by atoms with van der Waals surface area (Å²) in [6.45, 7) is 1.52. The number of ketones is 1. The van der Waals surface area contributed by atoms with Crippen molar-refractivity contribution in [2.45, 2.75) is 13.3 Å². The molecule has 0 radical (unpaired) electrons. The number of aldehydes is 1. The minimum absolute atomic E-state index is 0.0393. The first kappa shape index (κ1) is 10.2. The van der Waals surface area contributed by atoms with Crippen molar-refractivity contribution in [2.75, 3.05) is 0 Å². The Morgan fingerprint density at radius 2 is 2.00 bits per heavy atom. The molecule has 0 bridgehead atoms. The molecular formula is C12H10O2. The van der Waals surface area contributed by atoms with Crippen molar-refractivity contribution < 1.29 is 9.59 Å². The van der Waals surface area contributed by atoms with Crippen LogP contribution < -0.4 is 0 Å². The van der Waals surface area contributed by atoms with Gasteiger partial charge in [-0.1, -0.05) is 24.0 Å². The first-order valence-electron chi connectivity index (χ1n) is 4.27. The Balaban J connectivity index is 2.80. The second-order valence-electron chi connectivity index (χ2n) is 2.81. The van der Waals surface area contributed by atoms with Crippen molar-refractivity contribution in [1.82, 2.24) is 0 Å². The molecule has 14 heavy (non-hydrogen) atoms. The zero-order chi connectivity index (χ0) is 10.4. The third-order valence-electron chi connectivity index (χ3n) is 1.71. The van der Waals surface area contributed by atoms with E-state index in [0.717, 1.165) is 11.8 Å². The van der Waals surface area contributed by atoms with Crippen LogP contribution in [0.4, 0.5) is 0 Å². The topological polar surface area (TPSA) is 34.1 Å². The van der Waals surface area contributed by atoms with Gasteiger partial charge in [0.1, 0.15) is 6.29 Å². The van der Waals surface area contributed by atoms with E-state index in [2.05, 4.69) is 11.8 Å². The number of benzene rings is 1. The lowest BCUT2D eigenvalue weighted by Gasteiger charge is -1.94. The Bertz CT molecular complexity index is 391. The molecule has 0 heterocycles. The van der Waals surface area contributed by atoms with E-state index in [1.807, 2.05) is 0 Å². The predicted molar refractivity (Wildman–Crippen MR) is 54.0 cm³/mol. The fourth-order valence-corrected chi connectivity index (χ4v) is 0.983. The minimum Gasteiger partial charge on any atom is -0.302 e. The van der Waals surface area contributed by atoms with Crippen LogP contribution >= 0.6 is 0 Å². The van der Waals surface area contributed by atoms with E-state index in [-0.39, 0.29) is 12.2 Å². The van der Waals surface area contributed by atoms with E-state index in [9.17, 15) is 9.59 Å². The van der Waals surface area contributed by atoms with Gasteiger partial charge in [0.15, 0.2) is 5.78 Å². The van der Waals surface area contributed by atoms with Gasteiger partial charge in [-0.3, -0.25) is 4.79 Å². The molecule has 0 atom stereocenters. The van der Waals surface area contributed by atoms with Crippen molar-refractivity contribution in [1.29, 1.82) is 0 Å². The molecule has 0 saturated heterocycles. The van der Waals surface area contributed by atoms with Gasteiger partial charge >= 0.3 is 0 Å². The molecule has 0 aromatic heterocycles. The molecule has 0 N–H and O–H groups in total. The van der Waals surface area contributed by atoms with Gasteiger partial charge in [-0.15, -0.1) is 0 Å². The molecule has 0 spiro atoms. The van der Waals surface area contributed by atoms with Gasteiger partial charge in [0.05, 0.1) is 6.42 Å². The number of Topliss-reactive ketones (excluding diaryl/α,β-unsaturated/α-hetero) is 1. The zero-order valence-electron chi connectivity index (χ0n) is 7.91. The fourth-order valence-electron chi connectivity index (χ4n) is 0.983. The van der Waals surface area contributed by atoms with Crippen LogP contribution in [0.5, 0.6) is 0 Å². The molecule has 0 amide bonds. The SMILES string of the molecule is CC(=O)c1ccc(C#CCC=O)cc1. The fraction of sp³-hybridized carbons (Fsp3) is 0.167. The molecule has 0 saturated carbocycles. The maximum absolute atomic E-state index is 10.9. The van der Waals surface area contributed by atoms with Gasteiger partial charge in [0.2, 0.25) is 0 Å². The molecule has 2 nitrogen and oxygen atoms in total. The van der Waals surface area contributed by atoms with E-state index in [0.29, 0.717) is 5.56 Å². The highest BCUT2D eigenvalue weighted by Gasteiger charge is 1.96. The van der Waals surface area contributed by atoms with Crippen molar-refractivity contribution in [3.05, 3.63) is 35.4 Å². The summed E-state index contributed by atoms with van der Waals surface area (Å²) in [5, 5.41) is 0. The summed E-state index contributed by atoms with van der Waals surface area (Å²) in [6.07, 6.45) is 1.01. The van der Waals surface area contributed by atoms with Gasteiger partial charge < -0.3 is 4.79 Å². The van der Waals surface area contributed by atoms with Crippen LogP contribution in [0.25, 0.3) is 0 Å². The summed E-state index contributed by atoms with van der Waals surface area (Å²) in [5.74, 6) is 5.56. The maximum atomic E-state index is 10.9. The van der Waals surface area contributed by atoms with Crippen LogP contribution in [0, 0.1) is 11.8 Å². The van der Waals surface area contributed by atoms with Crippen LogP contribution in [0.1, 0.15) is 29.3 Å². The van der Waals surface area contributed by atoms with Crippen molar-refractivity contribution in [3.63, 3.8) is 0 Å². The smallest absolute Gasteiger partial charge is 0.159 e. The Labute approximate surface area is 82.9 Å². The van der Waals surface area contributed by atoms with Crippen LogP contribution in [-0.4, -0.2) is 12.1 Å². The van der Waals surface area contributed by atoms with E-state index in [1.165, 1.54) is 6.92 Å². The second kappa shape index (κ2) is 4.98. The van der Waals surface area contributed by atoms with Gasteiger partial charge in [-0.05, 0) is 19.1 Å². The molecule has 1 aromatic rings. The number of carbonyl (C=O) groups is 2. The lowest BCUT2D eigenvalue weighted by atomic mass is 10.1. The lowest BCUT2D eigenvalue weighted by Crippen LogP contribution is -1.90. The standard InChI is InChI=1S/C12H10O2/c1-10(14)12-7-5-11(6-8-12)4-2-3-9-13/h5-9H,3H2,1H3. The third-order valence-corrected chi connectivity index (χ3v) is 1.71. The molecule has 0 unspecified atom stereocenters. The highest BCUT2D eigenvalue weighted by atomic mass is 16.1. The van der Waals surface area contributed by atoms with Crippen molar-refractivity contribution in [2.24, 2.45) is 0 Å². The molecule has 0 aliphatic heterocycles. The quantitative estimate of drug-likeness (QED) is 0.401. The summed E-state index contributed by atoms with van der Waals surface area (Å²) >= 11 is 0. The zero-order valence-corrected chi connectivity index (χ0v) is 7.91. The van der Waals surface area contributed by atoms with E-state index >= 15 is 0 Å². The van der Waals surface area contributed by atoms with Crippen LogP contribution in [-0.2, 0) is 4.79 Å². The normalized spacial score (nSPS) is 8.64. The number of hydrogen-bond acceptors (Lipinski definition) is 2. The van der Waals surface area contributed by atoms with Crippen LogP contribution in [0.3, 0.4) is 0 Å². The molecular weight excluding hydrogens is 176 g/mol. The Kier molecular flexibility index (Phi) is 3.63. The van der Waals surface area contributed by atoms with Gasteiger partial charge in [-0.25, -0.2) is 0 Å². The lowest BCUT2D eigenvalue weighted by molar-refractivity contribution is -0.107. The summed E-state index contributed by atoms with van der Waals surface area (Å²) in [5.41, 5.74) is 1.49. The van der Waals surface area contributed by atoms with Crippen molar-refractivity contribution in [3.8, 4) is 11.8 Å². The Morgan fingerprint density at radius 3 is 2.50 bits per heavy atom. The van der Waals surface area contributed by atoms with E-state index in [1.54, 1.807) is 24.3 Å². The number of carbonyl (C=O) groups excluding carboxylic acids is 2. The highest BCUT2D eigenvalue weighted by molar-refractivity contribution is 5.94. The molecule has 70 valence electrons. The summed E-state index contributed by atoms with van der Waals surface area (Å²) < 4.78 is 0. The second-order valence-corrected chi connectivity index (χ2v) is 2.81. The van der Waals surface area contributed by atoms with E-state index in [4.69, 9.17) is 0 Å². The predicted octanol–water partition coefficient (Wildman–Crippen LogP) is 1.83. The largest absolute Gasteiger partial charge is 0.302 e. The molecule has 0 fully saturated rings. The van der Waals surface area contributed by atoms with Gasteiger partial charge in [-0.2, -0.15) is 0 Å². The first-order chi connectivity index (χ1) is 6.74. The Morgan fingerprint density at radius 1 is 1.36 bits per heavy atom. The Hall–Kier alpha value is -1.88. The average Bonchev–Trinajstić information content (AvgIpc) is 2.19. The summed E-state index contributed by atoms with van der Waals surface area (Å²) in [7, 11) is 0. The average molecular weight is 186 g/mol. The van der Waals surface area contributed by atoms with Crippen molar-refractivity contribution >= 4 is 12.1 Å². The molecule has 0 aliphatic rings. The number of hydrogen-bond donors (Lipinski definition) is 0. The van der Waals surface area contributed by atoms with E-state index < -0.39 is 0 Å². The summed E-state index contributed by atoms with van der Waals surface area (Å²) in [6, 6.07) is 7.00. The molecule has 0 aliphatic carbocycles. The molecule has 1 aromatic carbocycles. The van der Waals surface area contributed by atoms with Crippen LogP contribution in [0.2, 0.25) is 0 Å². The molecule has 2 heteroatoms.